The third kappa shape index (κ3) is 11.4. The number of carbonyl (C=O) groups excluding carboxylic acids is 5. The first-order valence-corrected chi connectivity index (χ1v) is 13.5. The first-order valence-electron chi connectivity index (χ1n) is 13.5. The number of nitrogens with zero attached hydrogens (tertiary/aromatic N) is 1. The second kappa shape index (κ2) is 17.2. The normalized spacial score (nSPS) is 22.5. The number of benzene rings is 1. The first kappa shape index (κ1) is 33.5. The molecule has 16 nitrogen and oxygen atoms in total. The molecule has 1 fully saturated rings. The van der Waals surface area contributed by atoms with E-state index < -0.39 is 72.6 Å². The van der Waals surface area contributed by atoms with Crippen molar-refractivity contribution in [3.8, 4) is 0 Å². The molecule has 0 aromatic heterocycles. The molecular weight excluding hydrogens is 550 g/mol. The van der Waals surface area contributed by atoms with Crippen molar-refractivity contribution in [3.63, 3.8) is 0 Å². The van der Waals surface area contributed by atoms with Crippen molar-refractivity contribution in [2.75, 3.05) is 19.6 Å². The number of hydrogen-bond acceptors (Lipinski definition) is 8. The molecule has 0 bridgehead atoms. The maximum Gasteiger partial charge on any atom is 0.326 e. The minimum Gasteiger partial charge on any atom is -0.480 e. The molecular formula is C26H39N9O7. The molecule has 4 atom stereocenters. The first-order chi connectivity index (χ1) is 20.0. The molecule has 0 spiro atoms. The summed E-state index contributed by atoms with van der Waals surface area (Å²) in [6.45, 7) is -0.0451. The summed E-state index contributed by atoms with van der Waals surface area (Å²) in [5.41, 5.74) is 16.6. The van der Waals surface area contributed by atoms with Crippen molar-refractivity contribution in [2.45, 2.75) is 62.7 Å². The lowest BCUT2D eigenvalue weighted by Gasteiger charge is -2.27. The van der Waals surface area contributed by atoms with Gasteiger partial charge in [0.1, 0.15) is 24.2 Å². The minimum absolute atomic E-state index is 0.0928. The summed E-state index contributed by atoms with van der Waals surface area (Å²) >= 11 is 0. The quantitative estimate of drug-likeness (QED) is 0.0762. The zero-order chi connectivity index (χ0) is 31.1. The van der Waals surface area contributed by atoms with Crippen LogP contribution in [-0.4, -0.2) is 84.3 Å². The van der Waals surface area contributed by atoms with Crippen LogP contribution in [0.2, 0.25) is 0 Å². The second-order valence-corrected chi connectivity index (χ2v) is 9.65. The van der Waals surface area contributed by atoms with Crippen molar-refractivity contribution in [2.24, 2.45) is 22.2 Å². The molecule has 1 saturated heterocycles. The topological polar surface area (TPSA) is 273 Å². The van der Waals surface area contributed by atoms with Crippen molar-refractivity contribution in [3.05, 3.63) is 35.9 Å². The van der Waals surface area contributed by atoms with Crippen LogP contribution >= 0.6 is 0 Å². The Labute approximate surface area is 242 Å². The van der Waals surface area contributed by atoms with Gasteiger partial charge in [-0.25, -0.2) is 4.79 Å². The van der Waals surface area contributed by atoms with Gasteiger partial charge in [0.15, 0.2) is 5.96 Å². The molecule has 1 aromatic rings. The van der Waals surface area contributed by atoms with Gasteiger partial charge in [-0.1, -0.05) is 30.3 Å². The Morgan fingerprint density at radius 1 is 0.833 bits per heavy atom. The molecule has 1 heterocycles. The number of rotatable bonds is 10. The number of guanidine groups is 1. The van der Waals surface area contributed by atoms with Gasteiger partial charge in [0.2, 0.25) is 29.5 Å². The molecule has 0 aliphatic carbocycles. The smallest absolute Gasteiger partial charge is 0.326 e. The summed E-state index contributed by atoms with van der Waals surface area (Å²) < 4.78 is 0. The molecule has 230 valence electrons. The lowest BCUT2D eigenvalue weighted by molar-refractivity contribution is -0.144. The Morgan fingerprint density at radius 3 is 2.12 bits per heavy atom. The van der Waals surface area contributed by atoms with E-state index in [0.29, 0.717) is 31.4 Å². The van der Waals surface area contributed by atoms with Gasteiger partial charge in [0.25, 0.3) is 0 Å². The van der Waals surface area contributed by atoms with Crippen molar-refractivity contribution in [1.29, 1.82) is 0 Å². The van der Waals surface area contributed by atoms with E-state index in [-0.39, 0.29) is 25.3 Å². The van der Waals surface area contributed by atoms with Crippen molar-refractivity contribution >= 4 is 41.5 Å². The molecule has 16 heteroatoms. The van der Waals surface area contributed by atoms with Crippen LogP contribution in [0.4, 0.5) is 0 Å². The highest BCUT2D eigenvalue weighted by Gasteiger charge is 2.33. The van der Waals surface area contributed by atoms with Crippen molar-refractivity contribution in [1.82, 2.24) is 26.6 Å². The van der Waals surface area contributed by atoms with Gasteiger partial charge in [-0.3, -0.25) is 29.0 Å². The van der Waals surface area contributed by atoms with Crippen LogP contribution in [0.3, 0.4) is 0 Å². The number of unbranched alkanes of at least 4 members (excludes halogenated alkanes) is 1. The molecule has 5 amide bonds. The standard InChI is InChI=1S/C26H39N9O7/c27-11-5-4-9-17-23(39)35-21(15-7-2-1-3-8-15)24(40)34-18(25(41)42)13-19(36)31-14-20(37)32-16(22(38)33-17)10-6-12-30-26(28)29/h1-3,7-8,16-18,21H,4-6,9-14,27H2,(H,31,36)(H,32,37)(H,33,38)(H,34,40)(H,35,39)(H,41,42)(H4,28,29,30)/t16-,17-,18-,21+/m0/s1. The highest BCUT2D eigenvalue weighted by atomic mass is 16.4. The number of carboxylic acid groups (broad SMARTS) is 1. The average molecular weight is 590 g/mol. The van der Waals surface area contributed by atoms with Crippen LogP contribution in [0.25, 0.3) is 0 Å². The Morgan fingerprint density at radius 2 is 1.48 bits per heavy atom. The summed E-state index contributed by atoms with van der Waals surface area (Å²) in [6.07, 6.45) is 0.889. The van der Waals surface area contributed by atoms with Crippen LogP contribution in [-0.2, 0) is 28.8 Å². The molecule has 0 radical (unpaired) electrons. The van der Waals surface area contributed by atoms with Gasteiger partial charge < -0.3 is 48.9 Å². The Balaban J connectivity index is 2.44. The number of aliphatic carboxylic acids is 1. The molecule has 1 aliphatic rings. The fourth-order valence-electron chi connectivity index (χ4n) is 4.13. The summed E-state index contributed by atoms with van der Waals surface area (Å²) in [5, 5.41) is 22.0. The molecule has 0 saturated carbocycles. The highest BCUT2D eigenvalue weighted by Crippen LogP contribution is 2.15. The zero-order valence-electron chi connectivity index (χ0n) is 23.1. The van der Waals surface area contributed by atoms with E-state index in [1.165, 1.54) is 0 Å². The lowest BCUT2D eigenvalue weighted by Crippen LogP contribution is -2.57. The fourth-order valence-corrected chi connectivity index (χ4v) is 4.13. The highest BCUT2D eigenvalue weighted by molar-refractivity contribution is 5.97. The Hall–Kier alpha value is -4.73. The van der Waals surface area contributed by atoms with Gasteiger partial charge >= 0.3 is 5.97 Å². The number of carbonyl (C=O) groups is 6. The predicted octanol–water partition coefficient (Wildman–Crippen LogP) is -2.91. The molecule has 12 N–H and O–H groups in total. The summed E-state index contributed by atoms with van der Waals surface area (Å²) in [7, 11) is 0. The maximum absolute atomic E-state index is 13.5. The summed E-state index contributed by atoms with van der Waals surface area (Å²) in [5.74, 6) is -5.48. The Kier molecular flexibility index (Phi) is 13.7. The van der Waals surface area contributed by atoms with Gasteiger partial charge in [-0.05, 0) is 44.2 Å². The van der Waals surface area contributed by atoms with E-state index in [4.69, 9.17) is 17.2 Å². The van der Waals surface area contributed by atoms with E-state index in [9.17, 15) is 33.9 Å². The minimum atomic E-state index is -1.65. The van der Waals surface area contributed by atoms with Crippen LogP contribution in [0, 0.1) is 0 Å². The van der Waals surface area contributed by atoms with Crippen LogP contribution < -0.4 is 43.8 Å². The number of carboxylic acids is 1. The fraction of sp³-hybridized carbons (Fsp3) is 0.500. The monoisotopic (exact) mass is 589 g/mol. The van der Waals surface area contributed by atoms with Crippen LogP contribution in [0.1, 0.15) is 50.1 Å². The van der Waals surface area contributed by atoms with E-state index in [0.717, 1.165) is 0 Å². The third-order valence-electron chi connectivity index (χ3n) is 6.31. The average Bonchev–Trinajstić information content (AvgIpc) is 2.95. The van der Waals surface area contributed by atoms with Crippen LogP contribution in [0.5, 0.6) is 0 Å². The molecule has 42 heavy (non-hydrogen) atoms. The molecule has 1 aromatic carbocycles. The van der Waals surface area contributed by atoms with Gasteiger partial charge in [0, 0.05) is 6.54 Å². The maximum atomic E-state index is 13.5. The summed E-state index contributed by atoms with van der Waals surface area (Å²) in [6, 6.07) is 2.84. The number of nitrogens with two attached hydrogens (primary N) is 3. The lowest BCUT2D eigenvalue weighted by atomic mass is 10.0. The largest absolute Gasteiger partial charge is 0.480 e. The number of aliphatic imine (C=N–C) groups is 1. The second-order valence-electron chi connectivity index (χ2n) is 9.65. The number of nitrogens with one attached hydrogen (secondary N) is 5. The van der Waals surface area contributed by atoms with Gasteiger partial charge in [0.05, 0.1) is 13.0 Å². The van der Waals surface area contributed by atoms with Crippen LogP contribution in [0.15, 0.2) is 35.3 Å². The SMILES string of the molecule is NCCCC[C@@H]1NC(=O)[C@H](CCCN=C(N)N)NC(=O)CNC(=O)C[C@@H](C(=O)O)NC(=O)[C@@H](c2ccccc2)NC1=O. The van der Waals surface area contributed by atoms with E-state index in [1.807, 2.05) is 0 Å². The van der Waals surface area contributed by atoms with E-state index in [1.54, 1.807) is 30.3 Å². The van der Waals surface area contributed by atoms with Crippen molar-refractivity contribution < 1.29 is 33.9 Å². The number of amides is 5. The third-order valence-corrected chi connectivity index (χ3v) is 6.31. The van der Waals surface area contributed by atoms with Gasteiger partial charge in [-0.2, -0.15) is 0 Å². The van der Waals surface area contributed by atoms with E-state index >= 15 is 0 Å². The number of hydrogen-bond donors (Lipinski definition) is 9. The summed E-state index contributed by atoms with van der Waals surface area (Å²) in [4.78, 5) is 80.8. The van der Waals surface area contributed by atoms with E-state index in [2.05, 4.69) is 31.6 Å². The molecule has 2 rings (SSSR count). The zero-order valence-corrected chi connectivity index (χ0v) is 23.1. The predicted molar refractivity (Wildman–Crippen MR) is 151 cm³/mol. The Bertz CT molecular complexity index is 1140. The molecule has 0 unspecified atom stereocenters. The van der Waals surface area contributed by atoms with Gasteiger partial charge in [-0.15, -0.1) is 0 Å². The molecule has 1 aliphatic heterocycles.